The molecule has 0 saturated carbocycles. The second kappa shape index (κ2) is 13.2. The van der Waals surface area contributed by atoms with Crippen LogP contribution in [-0.4, -0.2) is 60.8 Å². The summed E-state index contributed by atoms with van der Waals surface area (Å²) in [5.74, 6) is -0.398. The maximum absolute atomic E-state index is 14.9. The minimum atomic E-state index is -4.46. The fraction of sp³-hybridized carbons (Fsp3) is 0.256. The average Bonchev–Trinajstić information content (AvgIpc) is 3.75. The number of halogens is 3. The third-order valence-corrected chi connectivity index (χ3v) is 9.92. The molecule has 0 spiro atoms. The monoisotopic (exact) mass is 689 g/mol. The number of carbonyl (C=O) groups excluding carboxylic acids is 2. The lowest BCUT2D eigenvalue weighted by atomic mass is 9.94. The maximum atomic E-state index is 14.9. The Balaban J connectivity index is 1.17. The van der Waals surface area contributed by atoms with Gasteiger partial charge in [-0.2, -0.15) is 18.3 Å². The van der Waals surface area contributed by atoms with Gasteiger partial charge in [0.1, 0.15) is 12.5 Å². The van der Waals surface area contributed by atoms with Crippen molar-refractivity contribution in [1.82, 2.24) is 29.9 Å². The van der Waals surface area contributed by atoms with Crippen molar-refractivity contribution in [3.05, 3.63) is 126 Å². The molecule has 0 bridgehead atoms. The predicted molar refractivity (Wildman–Crippen MR) is 186 cm³/mol. The highest BCUT2D eigenvalue weighted by molar-refractivity contribution is 6.05. The van der Waals surface area contributed by atoms with Gasteiger partial charge in [0.25, 0.3) is 0 Å². The van der Waals surface area contributed by atoms with Gasteiger partial charge >= 0.3 is 6.18 Å². The van der Waals surface area contributed by atoms with Crippen LogP contribution in [0.15, 0.2) is 103 Å². The van der Waals surface area contributed by atoms with E-state index >= 15 is 0 Å². The van der Waals surface area contributed by atoms with Crippen LogP contribution < -0.4 is 4.90 Å². The van der Waals surface area contributed by atoms with E-state index in [4.69, 9.17) is 0 Å². The number of alkyl halides is 3. The molecule has 2 aromatic heterocycles. The molecule has 1 fully saturated rings. The van der Waals surface area contributed by atoms with E-state index in [0.29, 0.717) is 41.6 Å². The van der Waals surface area contributed by atoms with E-state index in [1.54, 1.807) is 15.9 Å². The van der Waals surface area contributed by atoms with E-state index in [1.807, 2.05) is 83.4 Å². The molecule has 1 saturated heterocycles. The number of likely N-dealkylation sites (tertiary alicyclic amines) is 1. The Morgan fingerprint density at radius 1 is 0.843 bits per heavy atom. The van der Waals surface area contributed by atoms with Gasteiger partial charge in [0.15, 0.2) is 11.6 Å². The highest BCUT2D eigenvalue weighted by Gasteiger charge is 2.40. The van der Waals surface area contributed by atoms with Gasteiger partial charge in [0.05, 0.1) is 22.5 Å². The van der Waals surface area contributed by atoms with Gasteiger partial charge in [0, 0.05) is 35.7 Å². The molecule has 2 atom stereocenters. The molecule has 9 nitrogen and oxygen atoms in total. The highest BCUT2D eigenvalue weighted by atomic mass is 19.4. The summed E-state index contributed by atoms with van der Waals surface area (Å²) in [5.41, 5.74) is 3.36. The standard InChI is InChI=1S/C39H34F3N7O2/c40-39(41,42)27-14-10-11-25(21-27)22-28-15-8-9-20-47(28)35(50)24-48-33-18-6-7-19-34(33)49-36(26-12-2-1-3-13-26)45-46-37(49)30(38(48)51)23-32-29-16-4-5-17-31(29)43-44-32/h1-7,10-14,16-19,21,28,30H,8-9,15,20,22-24H2,(H,43,44). The summed E-state index contributed by atoms with van der Waals surface area (Å²) in [6.07, 6.45) is -1.66. The lowest BCUT2D eigenvalue weighted by Crippen LogP contribution is -2.50. The first kappa shape index (κ1) is 32.4. The van der Waals surface area contributed by atoms with E-state index in [1.165, 1.54) is 6.07 Å². The molecule has 6 aromatic rings. The molecule has 4 heterocycles. The maximum Gasteiger partial charge on any atom is 0.416 e. The largest absolute Gasteiger partial charge is 0.416 e. The molecule has 0 aliphatic carbocycles. The SMILES string of the molecule is O=C1C(Cc2[nH]nc3ccccc23)c2nnc(-c3ccccc3)n2-c2ccccc2N1CC(=O)N1CCCCC1Cc1cccc(C(F)(F)F)c1. The Kier molecular flexibility index (Phi) is 8.37. The van der Waals surface area contributed by atoms with Gasteiger partial charge in [0.2, 0.25) is 11.8 Å². The number of nitrogens with one attached hydrogen (secondary N) is 1. The number of aromatic nitrogens is 5. The summed E-state index contributed by atoms with van der Waals surface area (Å²) in [6.45, 7) is 0.216. The van der Waals surface area contributed by atoms with Crippen LogP contribution in [0.5, 0.6) is 0 Å². The van der Waals surface area contributed by atoms with Crippen molar-refractivity contribution < 1.29 is 22.8 Å². The molecule has 8 rings (SSSR count). The summed E-state index contributed by atoms with van der Waals surface area (Å²) >= 11 is 0. The smallest absolute Gasteiger partial charge is 0.338 e. The van der Waals surface area contributed by atoms with Gasteiger partial charge in [-0.15, -0.1) is 10.2 Å². The number of carbonyl (C=O) groups is 2. The molecule has 2 amide bonds. The van der Waals surface area contributed by atoms with E-state index in [0.717, 1.165) is 47.1 Å². The Morgan fingerprint density at radius 3 is 2.43 bits per heavy atom. The van der Waals surface area contributed by atoms with Crippen LogP contribution in [0.2, 0.25) is 0 Å². The summed E-state index contributed by atoms with van der Waals surface area (Å²) in [4.78, 5) is 32.6. The minimum Gasteiger partial charge on any atom is -0.338 e. The Labute approximate surface area is 291 Å². The number of benzene rings is 4. The number of para-hydroxylation sites is 3. The zero-order valence-corrected chi connectivity index (χ0v) is 27.6. The number of hydrogen-bond acceptors (Lipinski definition) is 5. The molecule has 1 N–H and O–H groups in total. The van der Waals surface area contributed by atoms with Crippen LogP contribution >= 0.6 is 0 Å². The third-order valence-electron chi connectivity index (χ3n) is 9.92. The van der Waals surface area contributed by atoms with Crippen molar-refractivity contribution in [3.8, 4) is 17.1 Å². The molecule has 12 heteroatoms. The molecule has 2 aliphatic rings. The van der Waals surface area contributed by atoms with Crippen LogP contribution in [0.4, 0.5) is 18.9 Å². The summed E-state index contributed by atoms with van der Waals surface area (Å²) in [5, 5.41) is 17.7. The Morgan fingerprint density at radius 2 is 1.61 bits per heavy atom. The first-order chi connectivity index (χ1) is 24.8. The van der Waals surface area contributed by atoms with Gasteiger partial charge in [-0.05, 0) is 55.5 Å². The molecule has 0 radical (unpaired) electrons. The zero-order valence-electron chi connectivity index (χ0n) is 27.6. The van der Waals surface area contributed by atoms with Crippen LogP contribution in [0.3, 0.4) is 0 Å². The third kappa shape index (κ3) is 6.15. The highest BCUT2D eigenvalue weighted by Crippen LogP contribution is 2.39. The second-order valence-corrected chi connectivity index (χ2v) is 13.1. The number of piperidine rings is 1. The Hall–Kier alpha value is -5.78. The van der Waals surface area contributed by atoms with Crippen LogP contribution in [0.1, 0.15) is 47.8 Å². The molecule has 51 heavy (non-hydrogen) atoms. The molecule has 4 aromatic carbocycles. The number of anilines is 1. The van der Waals surface area contributed by atoms with Crippen LogP contribution in [0.25, 0.3) is 28.0 Å². The van der Waals surface area contributed by atoms with Gasteiger partial charge < -0.3 is 9.80 Å². The van der Waals surface area contributed by atoms with Crippen molar-refractivity contribution in [1.29, 1.82) is 0 Å². The number of hydrogen-bond donors (Lipinski definition) is 1. The lowest BCUT2D eigenvalue weighted by Gasteiger charge is -2.37. The second-order valence-electron chi connectivity index (χ2n) is 13.1. The summed E-state index contributed by atoms with van der Waals surface area (Å²) < 4.78 is 42.4. The number of H-pyrrole nitrogens is 1. The molecule has 2 aliphatic heterocycles. The molecule has 258 valence electrons. The quantitative estimate of drug-likeness (QED) is 0.192. The van der Waals surface area contributed by atoms with Gasteiger partial charge in [-0.25, -0.2) is 0 Å². The average molecular weight is 690 g/mol. The van der Waals surface area contributed by atoms with Crippen molar-refractivity contribution in [2.75, 3.05) is 18.0 Å². The van der Waals surface area contributed by atoms with Crippen LogP contribution in [-0.2, 0) is 28.6 Å². The number of amides is 2. The van der Waals surface area contributed by atoms with Crippen LogP contribution in [0, 0.1) is 0 Å². The van der Waals surface area contributed by atoms with Crippen molar-refractivity contribution in [3.63, 3.8) is 0 Å². The zero-order chi connectivity index (χ0) is 35.1. The molecule has 2 unspecified atom stereocenters. The first-order valence-corrected chi connectivity index (χ1v) is 17.1. The normalized spacial score (nSPS) is 17.7. The van der Waals surface area contributed by atoms with Gasteiger partial charge in [-0.3, -0.25) is 19.3 Å². The first-order valence-electron chi connectivity index (χ1n) is 17.1. The predicted octanol–water partition coefficient (Wildman–Crippen LogP) is 7.13. The minimum absolute atomic E-state index is 0.229. The fourth-order valence-electron chi connectivity index (χ4n) is 7.46. The van der Waals surface area contributed by atoms with E-state index in [9.17, 15) is 22.8 Å². The Bertz CT molecular complexity index is 2230. The fourth-order valence-corrected chi connectivity index (χ4v) is 7.46. The van der Waals surface area contributed by atoms with E-state index < -0.39 is 17.7 Å². The van der Waals surface area contributed by atoms with Crippen molar-refractivity contribution in [2.24, 2.45) is 0 Å². The number of aromatic amines is 1. The number of rotatable bonds is 7. The summed E-state index contributed by atoms with van der Waals surface area (Å²) in [7, 11) is 0. The number of nitrogens with zero attached hydrogens (tertiary/aromatic N) is 6. The molecular formula is C39H34F3N7O2. The van der Waals surface area contributed by atoms with E-state index in [-0.39, 0.29) is 37.2 Å². The van der Waals surface area contributed by atoms with Crippen molar-refractivity contribution >= 4 is 28.4 Å². The number of fused-ring (bicyclic) bond motifs is 4. The summed E-state index contributed by atoms with van der Waals surface area (Å²) in [6, 6.07) is 29.7. The molecular weight excluding hydrogens is 655 g/mol. The van der Waals surface area contributed by atoms with Crippen molar-refractivity contribution in [2.45, 2.75) is 50.2 Å². The van der Waals surface area contributed by atoms with E-state index in [2.05, 4.69) is 20.4 Å². The topological polar surface area (TPSA) is 100 Å². The lowest BCUT2D eigenvalue weighted by molar-refractivity contribution is -0.138. The van der Waals surface area contributed by atoms with Gasteiger partial charge in [-0.1, -0.05) is 78.9 Å².